The second-order valence-corrected chi connectivity index (χ2v) is 8.91. The van der Waals surface area contributed by atoms with Crippen LogP contribution in [0.3, 0.4) is 0 Å². The van der Waals surface area contributed by atoms with E-state index in [0.717, 1.165) is 53.9 Å². The van der Waals surface area contributed by atoms with Crippen LogP contribution in [-0.4, -0.2) is 41.4 Å². The van der Waals surface area contributed by atoms with E-state index in [9.17, 15) is 4.79 Å². The molecule has 0 radical (unpaired) electrons. The van der Waals surface area contributed by atoms with Crippen molar-refractivity contribution in [1.29, 1.82) is 0 Å². The minimum Gasteiger partial charge on any atom is -0.376 e. The molecule has 1 saturated carbocycles. The Bertz CT molecular complexity index is 730. The molecule has 2 unspecified atom stereocenters. The fourth-order valence-electron chi connectivity index (χ4n) is 2.84. The minimum atomic E-state index is -0.309. The Balaban J connectivity index is 1.40. The third-order valence-corrected chi connectivity index (χ3v) is 6.61. The molecular formula is C18H22N4O2S2. The number of carbonyl (C=O) groups excluding carboxylic acids is 1. The molecule has 1 aliphatic heterocycles. The summed E-state index contributed by atoms with van der Waals surface area (Å²) in [5.74, 6) is 0.0489. The van der Waals surface area contributed by atoms with Crippen molar-refractivity contribution >= 4 is 34.1 Å². The maximum atomic E-state index is 12.7. The predicted molar refractivity (Wildman–Crippen MR) is 104 cm³/mol. The number of hydrogen-bond donors (Lipinski definition) is 2. The number of anilines is 1. The molecule has 2 aliphatic rings. The number of carbonyl (C=O) groups is 1. The van der Waals surface area contributed by atoms with Crippen molar-refractivity contribution in [2.45, 2.75) is 47.4 Å². The molecule has 0 bridgehead atoms. The number of amides is 1. The second-order valence-electron chi connectivity index (χ2n) is 6.58. The number of nitrogens with zero attached hydrogens (tertiary/aromatic N) is 2. The number of thioether (sulfide) groups is 1. The molecule has 2 atom stereocenters. The van der Waals surface area contributed by atoms with E-state index in [1.807, 2.05) is 30.3 Å². The number of benzene rings is 1. The SMILES string of the molecule is O=C(NC1CC1)C(Sc1nnc(NCC2CCCO2)s1)c1ccccc1. The molecule has 4 rings (SSSR count). The fraction of sp³-hybridized carbons (Fsp3) is 0.500. The first-order valence-corrected chi connectivity index (χ1v) is 10.7. The fourth-order valence-corrected chi connectivity index (χ4v) is 4.80. The zero-order chi connectivity index (χ0) is 17.8. The maximum absolute atomic E-state index is 12.7. The van der Waals surface area contributed by atoms with Gasteiger partial charge in [-0.3, -0.25) is 4.79 Å². The average molecular weight is 391 g/mol. The Hall–Kier alpha value is -1.64. The molecule has 1 aliphatic carbocycles. The van der Waals surface area contributed by atoms with Crippen molar-refractivity contribution < 1.29 is 9.53 Å². The smallest absolute Gasteiger partial charge is 0.238 e. The summed E-state index contributed by atoms with van der Waals surface area (Å²) in [4.78, 5) is 12.7. The Kier molecular flexibility index (Phi) is 5.72. The Morgan fingerprint density at radius 2 is 2.12 bits per heavy atom. The van der Waals surface area contributed by atoms with E-state index in [0.29, 0.717) is 6.04 Å². The number of ether oxygens (including phenoxy) is 1. The lowest BCUT2D eigenvalue weighted by Crippen LogP contribution is -2.29. The van der Waals surface area contributed by atoms with Gasteiger partial charge in [0.25, 0.3) is 0 Å². The van der Waals surface area contributed by atoms with Gasteiger partial charge in [0, 0.05) is 19.2 Å². The molecule has 2 N–H and O–H groups in total. The number of hydrogen-bond acceptors (Lipinski definition) is 7. The van der Waals surface area contributed by atoms with Crippen molar-refractivity contribution in [2.24, 2.45) is 0 Å². The summed E-state index contributed by atoms with van der Waals surface area (Å²) in [6.07, 6.45) is 4.63. The number of aromatic nitrogens is 2. The molecule has 138 valence electrons. The van der Waals surface area contributed by atoms with Crippen molar-refractivity contribution in [3.63, 3.8) is 0 Å². The lowest BCUT2D eigenvalue weighted by molar-refractivity contribution is -0.120. The zero-order valence-corrected chi connectivity index (χ0v) is 16.0. The van der Waals surface area contributed by atoms with Crippen LogP contribution in [0.2, 0.25) is 0 Å². The normalized spacial score (nSPS) is 20.7. The first-order chi connectivity index (χ1) is 12.8. The van der Waals surface area contributed by atoms with E-state index in [1.165, 1.54) is 23.1 Å². The summed E-state index contributed by atoms with van der Waals surface area (Å²) < 4.78 is 6.41. The van der Waals surface area contributed by atoms with Gasteiger partial charge in [0.2, 0.25) is 11.0 Å². The maximum Gasteiger partial charge on any atom is 0.238 e. The van der Waals surface area contributed by atoms with Gasteiger partial charge < -0.3 is 15.4 Å². The van der Waals surface area contributed by atoms with E-state index in [-0.39, 0.29) is 17.3 Å². The molecule has 0 spiro atoms. The summed E-state index contributed by atoms with van der Waals surface area (Å²) >= 11 is 2.95. The van der Waals surface area contributed by atoms with Crippen LogP contribution in [0, 0.1) is 0 Å². The second kappa shape index (κ2) is 8.37. The van der Waals surface area contributed by atoms with E-state index in [4.69, 9.17) is 4.74 Å². The number of rotatable bonds is 8. The lowest BCUT2D eigenvalue weighted by atomic mass is 10.1. The standard InChI is InChI=1S/C18H22N4O2S2/c23-16(20-13-8-9-13)15(12-5-2-1-3-6-12)25-18-22-21-17(26-18)19-11-14-7-4-10-24-14/h1-3,5-6,13-15H,4,7-11H2,(H,19,21)(H,20,23). The van der Waals surface area contributed by atoms with Crippen molar-refractivity contribution in [2.75, 3.05) is 18.5 Å². The summed E-state index contributed by atoms with van der Waals surface area (Å²) in [7, 11) is 0. The molecule has 26 heavy (non-hydrogen) atoms. The first-order valence-electron chi connectivity index (χ1n) is 8.99. The van der Waals surface area contributed by atoms with Gasteiger partial charge in [0.05, 0.1) is 6.10 Å². The van der Waals surface area contributed by atoms with Gasteiger partial charge in [-0.1, -0.05) is 53.4 Å². The molecule has 1 amide bonds. The molecular weight excluding hydrogens is 368 g/mol. The van der Waals surface area contributed by atoms with Crippen molar-refractivity contribution in [3.8, 4) is 0 Å². The molecule has 2 aromatic rings. The Morgan fingerprint density at radius 3 is 2.85 bits per heavy atom. The molecule has 1 aromatic heterocycles. The van der Waals surface area contributed by atoms with Crippen LogP contribution in [0.1, 0.15) is 36.5 Å². The minimum absolute atomic E-state index is 0.0489. The molecule has 1 aromatic carbocycles. The summed E-state index contributed by atoms with van der Waals surface area (Å²) in [5, 5.41) is 15.3. The third-order valence-electron chi connectivity index (χ3n) is 4.39. The molecule has 2 heterocycles. The van der Waals surface area contributed by atoms with E-state index >= 15 is 0 Å². The van der Waals surface area contributed by atoms with Gasteiger partial charge in [0.15, 0.2) is 4.34 Å². The van der Waals surface area contributed by atoms with Gasteiger partial charge in [0.1, 0.15) is 5.25 Å². The van der Waals surface area contributed by atoms with E-state index in [1.54, 1.807) is 0 Å². The van der Waals surface area contributed by atoms with Crippen LogP contribution < -0.4 is 10.6 Å². The monoisotopic (exact) mass is 390 g/mol. The van der Waals surface area contributed by atoms with Crippen LogP contribution in [0.25, 0.3) is 0 Å². The van der Waals surface area contributed by atoms with Gasteiger partial charge in [-0.05, 0) is 31.2 Å². The quantitative estimate of drug-likeness (QED) is 0.674. The first kappa shape index (κ1) is 17.8. The molecule has 1 saturated heterocycles. The summed E-state index contributed by atoms with van der Waals surface area (Å²) in [5.41, 5.74) is 0.986. The third kappa shape index (κ3) is 4.75. The zero-order valence-electron chi connectivity index (χ0n) is 14.4. The van der Waals surface area contributed by atoms with Gasteiger partial charge >= 0.3 is 0 Å². The van der Waals surface area contributed by atoms with Crippen molar-refractivity contribution in [3.05, 3.63) is 35.9 Å². The highest BCUT2D eigenvalue weighted by molar-refractivity contribution is 8.01. The van der Waals surface area contributed by atoms with Crippen LogP contribution >= 0.6 is 23.1 Å². The van der Waals surface area contributed by atoms with Crippen LogP contribution in [0.4, 0.5) is 5.13 Å². The summed E-state index contributed by atoms with van der Waals surface area (Å²) in [6, 6.07) is 10.2. The average Bonchev–Trinajstić information content (AvgIpc) is 3.14. The van der Waals surface area contributed by atoms with Crippen LogP contribution in [-0.2, 0) is 9.53 Å². The van der Waals surface area contributed by atoms with Gasteiger partial charge in [-0.15, -0.1) is 10.2 Å². The highest BCUT2D eigenvalue weighted by Gasteiger charge is 2.30. The Labute approximate surface area is 161 Å². The summed E-state index contributed by atoms with van der Waals surface area (Å²) in [6.45, 7) is 1.60. The topological polar surface area (TPSA) is 76.1 Å². The predicted octanol–water partition coefficient (Wildman–Crippen LogP) is 3.24. The largest absolute Gasteiger partial charge is 0.376 e. The van der Waals surface area contributed by atoms with Crippen molar-refractivity contribution in [1.82, 2.24) is 15.5 Å². The highest BCUT2D eigenvalue weighted by Crippen LogP contribution is 2.38. The van der Waals surface area contributed by atoms with E-state index in [2.05, 4.69) is 20.8 Å². The molecule has 2 fully saturated rings. The van der Waals surface area contributed by atoms with Gasteiger partial charge in [-0.25, -0.2) is 0 Å². The molecule has 8 heteroatoms. The number of nitrogens with one attached hydrogen (secondary N) is 2. The van der Waals surface area contributed by atoms with Crippen LogP contribution in [0.5, 0.6) is 0 Å². The highest BCUT2D eigenvalue weighted by atomic mass is 32.2. The lowest BCUT2D eigenvalue weighted by Gasteiger charge is -2.15. The van der Waals surface area contributed by atoms with E-state index < -0.39 is 0 Å². The Morgan fingerprint density at radius 1 is 1.27 bits per heavy atom. The van der Waals surface area contributed by atoms with Crippen LogP contribution in [0.15, 0.2) is 34.7 Å². The molecule has 6 nitrogen and oxygen atoms in total. The van der Waals surface area contributed by atoms with Gasteiger partial charge in [-0.2, -0.15) is 0 Å².